The van der Waals surface area contributed by atoms with E-state index in [9.17, 15) is 9.90 Å². The number of amides is 1. The minimum Gasteiger partial charge on any atom is -0.396 e. The van der Waals surface area contributed by atoms with Gasteiger partial charge in [-0.15, -0.1) is 0 Å². The summed E-state index contributed by atoms with van der Waals surface area (Å²) < 4.78 is 0. The summed E-state index contributed by atoms with van der Waals surface area (Å²) in [6, 6.07) is 7.85. The quantitative estimate of drug-likeness (QED) is 0.749. The van der Waals surface area contributed by atoms with Gasteiger partial charge in [0.25, 0.3) is 0 Å². The zero-order chi connectivity index (χ0) is 13.3. The van der Waals surface area contributed by atoms with Gasteiger partial charge < -0.3 is 15.7 Å². The van der Waals surface area contributed by atoms with Crippen LogP contribution in [0, 0.1) is 5.41 Å². The molecule has 0 radical (unpaired) electrons. The lowest BCUT2D eigenvalue weighted by molar-refractivity contribution is -0.123. The molecular weight excluding hydrogens is 240 g/mol. The minimum atomic E-state index is -0.251. The van der Waals surface area contributed by atoms with E-state index in [1.165, 1.54) is 5.56 Å². The van der Waals surface area contributed by atoms with Crippen molar-refractivity contribution in [1.29, 1.82) is 0 Å². The van der Waals surface area contributed by atoms with Gasteiger partial charge in [0.1, 0.15) is 6.04 Å². The molecule has 1 aromatic rings. The van der Waals surface area contributed by atoms with Crippen molar-refractivity contribution in [3.05, 3.63) is 35.4 Å². The standard InChI is InChI=1S/C15H20N2O2/c18-10-15(6-7-15)9-17-14(19)13-12-4-2-1-3-11(12)5-8-16-13/h1-4,13,16,18H,5-10H2,(H,17,19). The highest BCUT2D eigenvalue weighted by Crippen LogP contribution is 2.44. The average molecular weight is 260 g/mol. The molecule has 4 nitrogen and oxygen atoms in total. The van der Waals surface area contributed by atoms with Crippen molar-refractivity contribution in [2.45, 2.75) is 25.3 Å². The molecule has 1 aromatic carbocycles. The molecule has 4 heteroatoms. The lowest BCUT2D eigenvalue weighted by atomic mass is 9.94. The largest absolute Gasteiger partial charge is 0.396 e. The minimum absolute atomic E-state index is 0.0203. The molecule has 1 amide bonds. The van der Waals surface area contributed by atoms with Gasteiger partial charge in [-0.25, -0.2) is 0 Å². The van der Waals surface area contributed by atoms with Crippen molar-refractivity contribution in [1.82, 2.24) is 10.6 Å². The van der Waals surface area contributed by atoms with Crippen LogP contribution in [0.4, 0.5) is 0 Å². The van der Waals surface area contributed by atoms with Gasteiger partial charge >= 0.3 is 0 Å². The normalized spacial score (nSPS) is 23.5. The lowest BCUT2D eigenvalue weighted by Gasteiger charge is -2.26. The first kappa shape index (κ1) is 12.6. The van der Waals surface area contributed by atoms with E-state index in [1.807, 2.05) is 18.2 Å². The first-order chi connectivity index (χ1) is 9.24. The van der Waals surface area contributed by atoms with Crippen LogP contribution in [-0.4, -0.2) is 30.7 Å². The van der Waals surface area contributed by atoms with Gasteiger partial charge in [0.05, 0.1) is 6.61 Å². The van der Waals surface area contributed by atoms with Crippen LogP contribution in [0.5, 0.6) is 0 Å². The Kier molecular flexibility index (Phi) is 3.29. The smallest absolute Gasteiger partial charge is 0.241 e. The van der Waals surface area contributed by atoms with Gasteiger partial charge in [0.15, 0.2) is 0 Å². The Balaban J connectivity index is 1.67. The lowest BCUT2D eigenvalue weighted by Crippen LogP contribution is -2.43. The van der Waals surface area contributed by atoms with Crippen molar-refractivity contribution in [3.63, 3.8) is 0 Å². The average Bonchev–Trinajstić information content (AvgIpc) is 3.25. The summed E-state index contributed by atoms with van der Waals surface area (Å²) in [5.74, 6) is 0.0203. The van der Waals surface area contributed by atoms with Crippen LogP contribution in [0.15, 0.2) is 24.3 Å². The zero-order valence-corrected chi connectivity index (χ0v) is 11.0. The zero-order valence-electron chi connectivity index (χ0n) is 11.0. The fourth-order valence-corrected chi connectivity index (χ4v) is 2.68. The maximum atomic E-state index is 12.3. The Hall–Kier alpha value is -1.39. The van der Waals surface area contributed by atoms with E-state index < -0.39 is 0 Å². The number of rotatable bonds is 4. The first-order valence-corrected chi connectivity index (χ1v) is 6.94. The summed E-state index contributed by atoms with van der Waals surface area (Å²) in [6.07, 6.45) is 3.00. The number of nitrogens with one attached hydrogen (secondary N) is 2. The predicted octanol–water partition coefficient (Wildman–Crippen LogP) is 0.762. The summed E-state index contributed by atoms with van der Waals surface area (Å²) in [5, 5.41) is 15.5. The maximum Gasteiger partial charge on any atom is 0.241 e. The van der Waals surface area contributed by atoms with Crippen LogP contribution >= 0.6 is 0 Å². The van der Waals surface area contributed by atoms with Gasteiger partial charge in [-0.2, -0.15) is 0 Å². The van der Waals surface area contributed by atoms with Crippen molar-refractivity contribution in [3.8, 4) is 0 Å². The summed E-state index contributed by atoms with van der Waals surface area (Å²) >= 11 is 0. The molecule has 1 aliphatic carbocycles. The molecule has 19 heavy (non-hydrogen) atoms. The number of hydrogen-bond acceptors (Lipinski definition) is 3. The second-order valence-electron chi connectivity index (χ2n) is 5.71. The van der Waals surface area contributed by atoms with Crippen molar-refractivity contribution in [2.24, 2.45) is 5.41 Å². The van der Waals surface area contributed by atoms with Gasteiger partial charge in [-0.1, -0.05) is 24.3 Å². The Morgan fingerprint density at radius 3 is 2.95 bits per heavy atom. The number of carbonyl (C=O) groups excluding carboxylic acids is 1. The van der Waals surface area contributed by atoms with Crippen molar-refractivity contribution < 1.29 is 9.90 Å². The Labute approximate surface area is 113 Å². The number of aliphatic hydroxyl groups excluding tert-OH is 1. The molecule has 0 spiro atoms. The highest BCUT2D eigenvalue weighted by atomic mass is 16.3. The first-order valence-electron chi connectivity index (χ1n) is 6.94. The van der Waals surface area contributed by atoms with Crippen LogP contribution in [0.3, 0.4) is 0 Å². The number of carbonyl (C=O) groups is 1. The molecule has 1 saturated carbocycles. The Bertz CT molecular complexity index is 483. The van der Waals surface area contributed by atoms with Gasteiger partial charge in [-0.3, -0.25) is 4.79 Å². The molecule has 1 heterocycles. The van der Waals surface area contributed by atoms with E-state index >= 15 is 0 Å². The van der Waals surface area contributed by atoms with E-state index in [4.69, 9.17) is 0 Å². The van der Waals surface area contributed by atoms with Crippen LogP contribution in [0.1, 0.15) is 30.0 Å². The third-order valence-corrected chi connectivity index (χ3v) is 4.30. The fraction of sp³-hybridized carbons (Fsp3) is 0.533. The third kappa shape index (κ3) is 2.51. The molecule has 1 fully saturated rings. The second kappa shape index (κ2) is 4.94. The summed E-state index contributed by atoms with van der Waals surface area (Å²) in [6.45, 7) is 1.59. The molecule has 0 saturated heterocycles. The molecule has 0 aromatic heterocycles. The Morgan fingerprint density at radius 2 is 2.21 bits per heavy atom. The van der Waals surface area contributed by atoms with Crippen LogP contribution in [0.25, 0.3) is 0 Å². The predicted molar refractivity (Wildman–Crippen MR) is 72.7 cm³/mol. The Morgan fingerprint density at radius 1 is 1.42 bits per heavy atom. The van der Waals surface area contributed by atoms with E-state index in [1.54, 1.807) is 0 Å². The number of benzene rings is 1. The van der Waals surface area contributed by atoms with E-state index in [0.717, 1.165) is 31.4 Å². The topological polar surface area (TPSA) is 61.4 Å². The molecule has 3 N–H and O–H groups in total. The molecule has 1 aliphatic heterocycles. The van der Waals surface area contributed by atoms with E-state index in [2.05, 4.69) is 16.7 Å². The number of hydrogen-bond donors (Lipinski definition) is 3. The van der Waals surface area contributed by atoms with Gasteiger partial charge in [0, 0.05) is 18.5 Å². The number of aliphatic hydroxyl groups is 1. The fourth-order valence-electron chi connectivity index (χ4n) is 2.68. The SMILES string of the molecule is O=C(NCC1(CO)CC1)C1NCCc2ccccc21. The third-order valence-electron chi connectivity index (χ3n) is 4.30. The molecule has 1 atom stereocenters. The molecule has 0 bridgehead atoms. The van der Waals surface area contributed by atoms with Crippen molar-refractivity contribution >= 4 is 5.91 Å². The number of fused-ring (bicyclic) bond motifs is 1. The molecule has 3 rings (SSSR count). The monoisotopic (exact) mass is 260 g/mol. The van der Waals surface area contributed by atoms with Crippen LogP contribution in [-0.2, 0) is 11.2 Å². The molecule has 1 unspecified atom stereocenters. The summed E-state index contributed by atoms with van der Waals surface area (Å²) in [7, 11) is 0. The molecular formula is C15H20N2O2. The maximum absolute atomic E-state index is 12.3. The summed E-state index contributed by atoms with van der Waals surface area (Å²) in [5.41, 5.74) is 2.30. The summed E-state index contributed by atoms with van der Waals surface area (Å²) in [4.78, 5) is 12.3. The second-order valence-corrected chi connectivity index (χ2v) is 5.71. The van der Waals surface area contributed by atoms with E-state index in [-0.39, 0.29) is 24.0 Å². The van der Waals surface area contributed by atoms with Crippen LogP contribution < -0.4 is 10.6 Å². The molecule has 2 aliphatic rings. The highest BCUT2D eigenvalue weighted by Gasteiger charge is 2.42. The van der Waals surface area contributed by atoms with Gasteiger partial charge in [0.2, 0.25) is 5.91 Å². The van der Waals surface area contributed by atoms with Gasteiger partial charge in [-0.05, 0) is 30.4 Å². The van der Waals surface area contributed by atoms with Crippen LogP contribution in [0.2, 0.25) is 0 Å². The molecule has 102 valence electrons. The van der Waals surface area contributed by atoms with E-state index in [0.29, 0.717) is 6.54 Å². The highest BCUT2D eigenvalue weighted by molar-refractivity contribution is 5.84. The van der Waals surface area contributed by atoms with Crippen molar-refractivity contribution in [2.75, 3.05) is 19.7 Å².